The average Bonchev–Trinajstić information content (AvgIpc) is 1.84. The third kappa shape index (κ3) is 2.22. The van der Waals surface area contributed by atoms with Crippen LogP contribution in [-0.2, 0) is 0 Å². The van der Waals surface area contributed by atoms with Crippen LogP contribution in [0, 0.1) is 0 Å². The van der Waals surface area contributed by atoms with E-state index in [1.54, 1.807) is 0 Å². The molecule has 0 heterocycles. The molecule has 0 saturated carbocycles. The Morgan fingerprint density at radius 3 is 1.40 bits per heavy atom. The zero-order chi connectivity index (χ0) is 8.31. The van der Waals surface area contributed by atoms with E-state index in [9.17, 15) is 0 Å². The van der Waals surface area contributed by atoms with Crippen LogP contribution in [0.4, 0.5) is 0 Å². The Morgan fingerprint density at radius 2 is 1.30 bits per heavy atom. The van der Waals surface area contributed by atoms with Crippen molar-refractivity contribution < 1.29 is 0 Å². The Morgan fingerprint density at radius 1 is 0.900 bits per heavy atom. The molecule has 0 aliphatic rings. The first kappa shape index (κ1) is 9.22. The second-order valence-corrected chi connectivity index (χ2v) is 2.88. The summed E-state index contributed by atoms with van der Waals surface area (Å²) in [5.74, 6) is 0. The third-order valence-electron chi connectivity index (χ3n) is 1.72. The molecule has 0 N–H and O–H groups in total. The van der Waals surface area contributed by atoms with E-state index >= 15 is 0 Å². The van der Waals surface area contributed by atoms with Gasteiger partial charge < -0.3 is 0 Å². The van der Waals surface area contributed by atoms with Gasteiger partial charge in [0.25, 0.3) is 0 Å². The third-order valence-corrected chi connectivity index (χ3v) is 1.72. The summed E-state index contributed by atoms with van der Waals surface area (Å²) in [4.78, 5) is 0. The van der Waals surface area contributed by atoms with Crippen LogP contribution in [0.5, 0.6) is 0 Å². The molecule has 0 rings (SSSR count). The normalized spacial score (nSPS) is 8.80. The van der Waals surface area contributed by atoms with Crippen molar-refractivity contribution >= 4 is 0 Å². The second kappa shape index (κ2) is 3.40. The Balaban J connectivity index is 4.54. The lowest BCUT2D eigenvalue weighted by atomic mass is 10.00. The molecule has 0 bridgehead atoms. The van der Waals surface area contributed by atoms with Gasteiger partial charge in [-0.25, -0.2) is 0 Å². The van der Waals surface area contributed by atoms with Gasteiger partial charge in [0, 0.05) is 0 Å². The Labute approximate surface area is 64.0 Å². The molecule has 0 aliphatic carbocycles. The van der Waals surface area contributed by atoms with Crippen LogP contribution in [0.2, 0.25) is 0 Å². The fraction of sp³-hybridized carbons (Fsp3) is 0.400. The molecule has 0 saturated heterocycles. The first-order valence-corrected chi connectivity index (χ1v) is 3.46. The number of allylic oxidation sites excluding steroid dienone is 4. The molecule has 0 heteroatoms. The predicted molar refractivity (Wildman–Crippen MR) is 48.0 cm³/mol. The second-order valence-electron chi connectivity index (χ2n) is 2.88. The minimum Gasteiger partial charge on any atom is -0.0955 e. The Kier molecular flexibility index (Phi) is 3.14. The molecule has 0 aliphatic heterocycles. The van der Waals surface area contributed by atoms with Crippen molar-refractivity contribution in [3.63, 3.8) is 0 Å². The van der Waals surface area contributed by atoms with Gasteiger partial charge >= 0.3 is 0 Å². The summed E-state index contributed by atoms with van der Waals surface area (Å²) >= 11 is 0. The van der Waals surface area contributed by atoms with Crippen molar-refractivity contribution in [3.05, 3.63) is 35.5 Å². The molecule has 0 fully saturated rings. The minimum atomic E-state index is 1.05. The topological polar surface area (TPSA) is 0 Å². The van der Waals surface area contributed by atoms with E-state index < -0.39 is 0 Å². The molecule has 0 aromatic carbocycles. The van der Waals surface area contributed by atoms with Gasteiger partial charge in [0.15, 0.2) is 0 Å². The van der Waals surface area contributed by atoms with E-state index in [4.69, 9.17) is 0 Å². The maximum Gasteiger partial charge on any atom is -0.0277 e. The summed E-state index contributed by atoms with van der Waals surface area (Å²) in [7, 11) is 0. The molecule has 56 valence electrons. The van der Waals surface area contributed by atoms with Crippen LogP contribution in [0.1, 0.15) is 27.7 Å². The molecule has 0 nitrogen and oxygen atoms in total. The highest BCUT2D eigenvalue weighted by atomic mass is 14.0. The number of hydrogen-bond acceptors (Lipinski definition) is 0. The van der Waals surface area contributed by atoms with E-state index in [1.807, 2.05) is 6.92 Å². The standard InChI is InChI=1S/C10H16/c1-7(2)9(5)10(6)8(3)4/h1,5H2,2-4,6H3. The molecule has 0 atom stereocenters. The lowest BCUT2D eigenvalue weighted by Gasteiger charge is -2.06. The fourth-order valence-corrected chi connectivity index (χ4v) is 0.622. The minimum absolute atomic E-state index is 1.05. The van der Waals surface area contributed by atoms with Crippen LogP contribution in [0.15, 0.2) is 35.5 Å². The lowest BCUT2D eigenvalue weighted by Crippen LogP contribution is -1.86. The van der Waals surface area contributed by atoms with Gasteiger partial charge in [0.05, 0.1) is 0 Å². The zero-order valence-electron chi connectivity index (χ0n) is 7.41. The molecule has 10 heavy (non-hydrogen) atoms. The van der Waals surface area contributed by atoms with Crippen LogP contribution in [0.3, 0.4) is 0 Å². The molecule has 0 amide bonds. The van der Waals surface area contributed by atoms with Crippen molar-refractivity contribution in [2.45, 2.75) is 27.7 Å². The fourth-order valence-electron chi connectivity index (χ4n) is 0.622. The summed E-state index contributed by atoms with van der Waals surface area (Å²) in [6.45, 7) is 16.0. The summed E-state index contributed by atoms with van der Waals surface area (Å²) in [6.07, 6.45) is 0. The highest BCUT2D eigenvalue weighted by molar-refractivity contribution is 5.42. The molecular weight excluding hydrogens is 120 g/mol. The van der Waals surface area contributed by atoms with Crippen LogP contribution in [-0.4, -0.2) is 0 Å². The van der Waals surface area contributed by atoms with Gasteiger partial charge in [-0.2, -0.15) is 0 Å². The van der Waals surface area contributed by atoms with Gasteiger partial charge in [0.2, 0.25) is 0 Å². The van der Waals surface area contributed by atoms with Crippen molar-refractivity contribution in [3.8, 4) is 0 Å². The van der Waals surface area contributed by atoms with E-state index in [-0.39, 0.29) is 0 Å². The number of rotatable bonds is 2. The number of hydrogen-bond donors (Lipinski definition) is 0. The van der Waals surface area contributed by atoms with Crippen molar-refractivity contribution in [2.24, 2.45) is 0 Å². The maximum absolute atomic E-state index is 3.92. The first-order valence-electron chi connectivity index (χ1n) is 3.46. The Bertz CT molecular complexity index is 188. The monoisotopic (exact) mass is 136 g/mol. The highest BCUT2D eigenvalue weighted by Gasteiger charge is 1.97. The molecule has 0 aromatic heterocycles. The first-order chi connectivity index (χ1) is 4.46. The van der Waals surface area contributed by atoms with E-state index in [0.717, 1.165) is 11.1 Å². The predicted octanol–water partition coefficient (Wildman–Crippen LogP) is 3.48. The zero-order valence-corrected chi connectivity index (χ0v) is 7.41. The smallest absolute Gasteiger partial charge is 0.0277 e. The summed E-state index contributed by atoms with van der Waals surface area (Å²) in [6, 6.07) is 0. The molecule has 0 aromatic rings. The van der Waals surface area contributed by atoms with Crippen molar-refractivity contribution in [1.82, 2.24) is 0 Å². The largest absolute Gasteiger partial charge is 0.0955 e. The van der Waals surface area contributed by atoms with Crippen molar-refractivity contribution in [1.29, 1.82) is 0 Å². The highest BCUT2D eigenvalue weighted by Crippen LogP contribution is 2.17. The molecular formula is C10H16. The molecule has 0 spiro atoms. The van der Waals surface area contributed by atoms with Crippen LogP contribution < -0.4 is 0 Å². The summed E-state index contributed by atoms with van der Waals surface area (Å²) in [5.41, 5.74) is 4.69. The molecule has 0 unspecified atom stereocenters. The SMILES string of the molecule is C=C(C)C(=C)C(C)=C(C)C. The lowest BCUT2D eigenvalue weighted by molar-refractivity contribution is 1.23. The summed E-state index contributed by atoms with van der Waals surface area (Å²) in [5, 5.41) is 0. The van der Waals surface area contributed by atoms with Gasteiger partial charge in [-0.3, -0.25) is 0 Å². The van der Waals surface area contributed by atoms with E-state index in [1.165, 1.54) is 11.1 Å². The Hall–Kier alpha value is -0.780. The quantitative estimate of drug-likeness (QED) is 0.510. The van der Waals surface area contributed by atoms with Gasteiger partial charge in [0.1, 0.15) is 0 Å². The van der Waals surface area contributed by atoms with Crippen LogP contribution in [0.25, 0.3) is 0 Å². The average molecular weight is 136 g/mol. The van der Waals surface area contributed by atoms with Crippen LogP contribution >= 0.6 is 0 Å². The van der Waals surface area contributed by atoms with Gasteiger partial charge in [-0.1, -0.05) is 24.3 Å². The van der Waals surface area contributed by atoms with Crippen molar-refractivity contribution in [2.75, 3.05) is 0 Å². The summed E-state index contributed by atoms with van der Waals surface area (Å²) < 4.78 is 0. The maximum atomic E-state index is 3.92. The van der Waals surface area contributed by atoms with E-state index in [0.29, 0.717) is 0 Å². The van der Waals surface area contributed by atoms with E-state index in [2.05, 4.69) is 33.9 Å². The van der Waals surface area contributed by atoms with Gasteiger partial charge in [-0.05, 0) is 38.8 Å². The molecule has 0 radical (unpaired) electrons. The van der Waals surface area contributed by atoms with Gasteiger partial charge in [-0.15, -0.1) is 0 Å².